The molecule has 0 radical (unpaired) electrons. The smallest absolute Gasteiger partial charge is 0.159 e. The van der Waals surface area contributed by atoms with E-state index in [0.717, 1.165) is 11.3 Å². The minimum Gasteiger partial charge on any atom is -0.480 e. The van der Waals surface area contributed by atoms with Gasteiger partial charge < -0.3 is 10.1 Å². The Morgan fingerprint density at radius 3 is 2.35 bits per heavy atom. The van der Waals surface area contributed by atoms with E-state index in [4.69, 9.17) is 4.74 Å². The van der Waals surface area contributed by atoms with E-state index in [0.29, 0.717) is 13.1 Å². The van der Waals surface area contributed by atoms with E-state index in [9.17, 15) is 4.39 Å². The molecule has 1 aromatic rings. The summed E-state index contributed by atoms with van der Waals surface area (Å²) in [5.74, 6) is 0.484. The van der Waals surface area contributed by atoms with E-state index in [2.05, 4.69) is 11.9 Å². The number of allylic oxidation sites excluding steroid dienone is 4. The first-order chi connectivity index (χ1) is 9.55. The minimum atomic E-state index is -0.427. The second-order valence-electron chi connectivity index (χ2n) is 5.22. The van der Waals surface area contributed by atoms with Crippen LogP contribution in [0, 0.1) is 5.82 Å². The number of benzene rings is 1. The fourth-order valence-corrected chi connectivity index (χ4v) is 2.06. The molecule has 0 unspecified atom stereocenters. The third-order valence-corrected chi connectivity index (χ3v) is 3.29. The first-order valence-corrected chi connectivity index (χ1v) is 6.69. The molecule has 1 N–H and O–H groups in total. The normalized spacial score (nSPS) is 17.1. The molecule has 1 saturated heterocycles. The third-order valence-electron chi connectivity index (χ3n) is 3.29. The molecule has 1 aromatic carbocycles. The van der Waals surface area contributed by atoms with Gasteiger partial charge in [-0.1, -0.05) is 30.4 Å². The molecule has 2 rings (SSSR count). The van der Waals surface area contributed by atoms with Crippen molar-refractivity contribution < 1.29 is 9.13 Å². The van der Waals surface area contributed by atoms with Crippen LogP contribution in [-0.2, 0) is 10.3 Å². The van der Waals surface area contributed by atoms with Crippen molar-refractivity contribution in [2.24, 2.45) is 0 Å². The maximum atomic E-state index is 13.0. The molecule has 0 spiro atoms. The molecule has 2 nitrogen and oxygen atoms in total. The Kier molecular flexibility index (Phi) is 4.40. The van der Waals surface area contributed by atoms with Gasteiger partial charge in [-0.3, -0.25) is 0 Å². The van der Waals surface area contributed by atoms with Crippen LogP contribution in [0.3, 0.4) is 0 Å². The quantitative estimate of drug-likeness (QED) is 0.653. The molecule has 0 aromatic heterocycles. The van der Waals surface area contributed by atoms with Crippen molar-refractivity contribution in [1.29, 1.82) is 0 Å². The van der Waals surface area contributed by atoms with Crippen molar-refractivity contribution in [3.05, 3.63) is 71.8 Å². The first kappa shape index (κ1) is 14.5. The Balaban J connectivity index is 2.23. The van der Waals surface area contributed by atoms with Crippen LogP contribution in [0.15, 0.2) is 60.4 Å². The van der Waals surface area contributed by atoms with E-state index in [1.807, 2.05) is 26.0 Å². The van der Waals surface area contributed by atoms with Crippen molar-refractivity contribution in [1.82, 2.24) is 5.32 Å². The largest absolute Gasteiger partial charge is 0.480 e. The molecule has 1 aliphatic rings. The van der Waals surface area contributed by atoms with Crippen LogP contribution in [-0.4, -0.2) is 13.1 Å². The molecule has 1 fully saturated rings. The topological polar surface area (TPSA) is 21.3 Å². The molecule has 3 heteroatoms. The van der Waals surface area contributed by atoms with Gasteiger partial charge in [0.15, 0.2) is 5.60 Å². The van der Waals surface area contributed by atoms with Crippen LogP contribution in [0.25, 0.3) is 0 Å². The van der Waals surface area contributed by atoms with Crippen LogP contribution >= 0.6 is 0 Å². The van der Waals surface area contributed by atoms with E-state index in [1.54, 1.807) is 18.2 Å². The zero-order valence-electron chi connectivity index (χ0n) is 11.9. The molecule has 0 bridgehead atoms. The van der Waals surface area contributed by atoms with Crippen molar-refractivity contribution in [2.45, 2.75) is 19.4 Å². The van der Waals surface area contributed by atoms with Crippen molar-refractivity contribution >= 4 is 0 Å². The summed E-state index contributed by atoms with van der Waals surface area (Å²) in [6.45, 7) is 9.25. The first-order valence-electron chi connectivity index (χ1n) is 6.69. The summed E-state index contributed by atoms with van der Waals surface area (Å²) in [5, 5.41) is 3.21. The minimum absolute atomic E-state index is 0.236. The Hall–Kier alpha value is -1.87. The fraction of sp³-hybridized carbons (Fsp3) is 0.294. The maximum absolute atomic E-state index is 13.0. The van der Waals surface area contributed by atoms with Gasteiger partial charge in [-0.15, -0.1) is 0 Å². The summed E-state index contributed by atoms with van der Waals surface area (Å²) in [4.78, 5) is 0. The van der Waals surface area contributed by atoms with Gasteiger partial charge in [-0.2, -0.15) is 0 Å². The Labute approximate surface area is 119 Å². The van der Waals surface area contributed by atoms with E-state index in [1.165, 1.54) is 17.7 Å². The predicted molar refractivity (Wildman–Crippen MR) is 79.7 cm³/mol. The van der Waals surface area contributed by atoms with E-state index < -0.39 is 5.60 Å². The lowest BCUT2D eigenvalue weighted by molar-refractivity contribution is -0.0409. The van der Waals surface area contributed by atoms with Gasteiger partial charge >= 0.3 is 0 Å². The van der Waals surface area contributed by atoms with Gasteiger partial charge in [0.1, 0.15) is 11.6 Å². The standard InChI is InChI=1S/C17H20FNO/c1-4-16(10-5-13(2)3)20-17(11-19-12-17)14-6-8-15(18)9-7-14/h4-10,19H,1,11-12H2,2-3H3/b16-10+. The lowest BCUT2D eigenvalue weighted by Crippen LogP contribution is -2.58. The number of halogens is 1. The van der Waals surface area contributed by atoms with Crippen LogP contribution in [0.4, 0.5) is 4.39 Å². The second kappa shape index (κ2) is 6.06. The number of ether oxygens (including phenoxy) is 1. The molecule has 0 saturated carbocycles. The summed E-state index contributed by atoms with van der Waals surface area (Å²) in [6, 6.07) is 6.48. The lowest BCUT2D eigenvalue weighted by atomic mass is 9.87. The van der Waals surface area contributed by atoms with Gasteiger partial charge in [0, 0.05) is 13.1 Å². The Bertz CT molecular complexity index is 535. The average molecular weight is 273 g/mol. The van der Waals surface area contributed by atoms with E-state index in [-0.39, 0.29) is 5.82 Å². The molecular formula is C17H20FNO. The predicted octanol–water partition coefficient (Wildman–Crippen LogP) is 3.68. The molecule has 0 amide bonds. The van der Waals surface area contributed by atoms with Crippen LogP contribution in [0.5, 0.6) is 0 Å². The summed E-state index contributed by atoms with van der Waals surface area (Å²) in [5.41, 5.74) is 1.74. The summed E-state index contributed by atoms with van der Waals surface area (Å²) in [7, 11) is 0. The highest BCUT2D eigenvalue weighted by atomic mass is 19.1. The molecule has 1 heterocycles. The highest BCUT2D eigenvalue weighted by Crippen LogP contribution is 2.32. The number of nitrogens with one attached hydrogen (secondary N) is 1. The van der Waals surface area contributed by atoms with Crippen LogP contribution in [0.1, 0.15) is 19.4 Å². The molecular weight excluding hydrogens is 253 g/mol. The molecule has 0 aliphatic carbocycles. The molecule has 0 atom stereocenters. The maximum Gasteiger partial charge on any atom is 0.159 e. The number of hydrogen-bond donors (Lipinski definition) is 1. The van der Waals surface area contributed by atoms with Crippen molar-refractivity contribution in [2.75, 3.05) is 13.1 Å². The van der Waals surface area contributed by atoms with Gasteiger partial charge in [0.2, 0.25) is 0 Å². The van der Waals surface area contributed by atoms with E-state index >= 15 is 0 Å². The van der Waals surface area contributed by atoms with Gasteiger partial charge in [-0.05, 0) is 43.7 Å². The average Bonchev–Trinajstić information content (AvgIpc) is 2.38. The number of hydrogen-bond acceptors (Lipinski definition) is 2. The molecule has 20 heavy (non-hydrogen) atoms. The summed E-state index contributed by atoms with van der Waals surface area (Å²) >= 11 is 0. The highest BCUT2D eigenvalue weighted by molar-refractivity contribution is 5.29. The lowest BCUT2D eigenvalue weighted by Gasteiger charge is -2.43. The summed E-state index contributed by atoms with van der Waals surface area (Å²) in [6.07, 6.45) is 5.59. The SMILES string of the molecule is C=C/C(=C\C=C(C)C)OC1(c2ccc(F)cc2)CNC1. The van der Waals surface area contributed by atoms with Crippen molar-refractivity contribution in [3.63, 3.8) is 0 Å². The monoisotopic (exact) mass is 273 g/mol. The van der Waals surface area contributed by atoms with Crippen LogP contribution in [0.2, 0.25) is 0 Å². The van der Waals surface area contributed by atoms with Crippen molar-refractivity contribution in [3.8, 4) is 0 Å². The fourth-order valence-electron chi connectivity index (χ4n) is 2.06. The zero-order chi connectivity index (χ0) is 14.6. The highest BCUT2D eigenvalue weighted by Gasteiger charge is 2.41. The third kappa shape index (κ3) is 3.17. The second-order valence-corrected chi connectivity index (χ2v) is 5.22. The van der Waals surface area contributed by atoms with Gasteiger partial charge in [0.25, 0.3) is 0 Å². The van der Waals surface area contributed by atoms with Gasteiger partial charge in [0.05, 0.1) is 0 Å². The molecule has 106 valence electrons. The number of rotatable bonds is 5. The Morgan fingerprint density at radius 2 is 1.90 bits per heavy atom. The Morgan fingerprint density at radius 1 is 1.25 bits per heavy atom. The summed E-state index contributed by atoms with van der Waals surface area (Å²) < 4.78 is 19.2. The van der Waals surface area contributed by atoms with Crippen LogP contribution < -0.4 is 5.32 Å². The zero-order valence-corrected chi connectivity index (χ0v) is 11.9. The van der Waals surface area contributed by atoms with Gasteiger partial charge in [-0.25, -0.2) is 4.39 Å². The molecule has 1 aliphatic heterocycles.